The minimum absolute atomic E-state index is 0.238. The van der Waals surface area contributed by atoms with Gasteiger partial charge in [-0.25, -0.2) is 0 Å². The van der Waals surface area contributed by atoms with Crippen LogP contribution in [0.3, 0.4) is 0 Å². The maximum atomic E-state index is 12.0. The minimum atomic E-state index is 0.238. The summed E-state index contributed by atoms with van der Waals surface area (Å²) in [5.41, 5.74) is 1.02. The summed E-state index contributed by atoms with van der Waals surface area (Å²) in [6.45, 7) is 5.02. The molecule has 0 unspecified atom stereocenters. The second-order valence-electron chi connectivity index (χ2n) is 3.98. The summed E-state index contributed by atoms with van der Waals surface area (Å²) in [7, 11) is 0. The van der Waals surface area contributed by atoms with Crippen LogP contribution >= 0.6 is 0 Å². The lowest BCUT2D eigenvalue weighted by molar-refractivity contribution is -0.118. The second-order valence-corrected chi connectivity index (χ2v) is 3.98. The smallest absolute Gasteiger partial charge is 0.226 e. The summed E-state index contributed by atoms with van der Waals surface area (Å²) in [6, 6.07) is 9.94. The molecule has 1 amide bonds. The van der Waals surface area contributed by atoms with Crippen molar-refractivity contribution in [2.45, 2.75) is 39.5 Å². The Balaban J connectivity index is 2.74. The van der Waals surface area contributed by atoms with Crippen LogP contribution in [-0.4, -0.2) is 12.5 Å². The van der Waals surface area contributed by atoms with E-state index in [9.17, 15) is 4.79 Å². The van der Waals surface area contributed by atoms with Crippen molar-refractivity contribution in [3.05, 3.63) is 30.3 Å². The molecule has 0 aliphatic heterocycles. The Morgan fingerprint density at radius 3 is 2.38 bits per heavy atom. The van der Waals surface area contributed by atoms with Crippen LogP contribution in [0.15, 0.2) is 30.3 Å². The Kier molecular flexibility index (Phi) is 5.62. The van der Waals surface area contributed by atoms with Crippen molar-refractivity contribution >= 4 is 11.6 Å². The molecular formula is C14H21NO. The van der Waals surface area contributed by atoms with E-state index in [1.807, 2.05) is 42.2 Å². The first-order chi connectivity index (χ1) is 7.79. The van der Waals surface area contributed by atoms with Crippen molar-refractivity contribution in [2.24, 2.45) is 0 Å². The molecule has 0 atom stereocenters. The molecule has 0 aliphatic carbocycles. The molecule has 16 heavy (non-hydrogen) atoms. The number of hydrogen-bond acceptors (Lipinski definition) is 1. The van der Waals surface area contributed by atoms with E-state index < -0.39 is 0 Å². The van der Waals surface area contributed by atoms with Crippen LogP contribution in [0.5, 0.6) is 0 Å². The van der Waals surface area contributed by atoms with Gasteiger partial charge in [0.25, 0.3) is 0 Å². The summed E-state index contributed by atoms with van der Waals surface area (Å²) in [5, 5.41) is 0. The highest BCUT2D eigenvalue weighted by molar-refractivity contribution is 5.93. The third kappa shape index (κ3) is 3.69. The van der Waals surface area contributed by atoms with Crippen molar-refractivity contribution in [3.63, 3.8) is 0 Å². The van der Waals surface area contributed by atoms with Gasteiger partial charge in [-0.3, -0.25) is 4.79 Å². The molecule has 2 heteroatoms. The fourth-order valence-electron chi connectivity index (χ4n) is 1.67. The molecule has 1 rings (SSSR count). The molecule has 0 aromatic heterocycles. The normalized spacial score (nSPS) is 10.1. The number of anilines is 1. The van der Waals surface area contributed by atoms with Crippen LogP contribution in [0.2, 0.25) is 0 Å². The van der Waals surface area contributed by atoms with Crippen LogP contribution in [0.1, 0.15) is 39.5 Å². The van der Waals surface area contributed by atoms with E-state index in [0.29, 0.717) is 6.42 Å². The highest BCUT2D eigenvalue weighted by Crippen LogP contribution is 2.15. The van der Waals surface area contributed by atoms with Crippen molar-refractivity contribution in [3.8, 4) is 0 Å². The van der Waals surface area contributed by atoms with Gasteiger partial charge in [-0.15, -0.1) is 0 Å². The van der Waals surface area contributed by atoms with Crippen molar-refractivity contribution in [2.75, 3.05) is 11.4 Å². The monoisotopic (exact) mass is 219 g/mol. The number of rotatable bonds is 6. The maximum Gasteiger partial charge on any atom is 0.226 e. The zero-order valence-corrected chi connectivity index (χ0v) is 10.3. The van der Waals surface area contributed by atoms with E-state index >= 15 is 0 Å². The molecule has 0 saturated carbocycles. The second kappa shape index (κ2) is 7.04. The molecule has 1 aromatic carbocycles. The quantitative estimate of drug-likeness (QED) is 0.715. The van der Waals surface area contributed by atoms with Crippen molar-refractivity contribution in [1.82, 2.24) is 0 Å². The first-order valence-corrected chi connectivity index (χ1v) is 6.15. The van der Waals surface area contributed by atoms with Crippen LogP contribution in [0.25, 0.3) is 0 Å². The predicted molar refractivity (Wildman–Crippen MR) is 68.6 cm³/mol. The van der Waals surface area contributed by atoms with E-state index in [0.717, 1.165) is 31.5 Å². The van der Waals surface area contributed by atoms with E-state index in [2.05, 4.69) is 6.92 Å². The Bertz CT molecular complexity index is 308. The van der Waals surface area contributed by atoms with E-state index in [-0.39, 0.29) is 5.91 Å². The molecule has 0 heterocycles. The fourth-order valence-corrected chi connectivity index (χ4v) is 1.67. The fraction of sp³-hybridized carbons (Fsp3) is 0.500. The van der Waals surface area contributed by atoms with Gasteiger partial charge in [0.05, 0.1) is 0 Å². The molecule has 0 bridgehead atoms. The zero-order valence-electron chi connectivity index (χ0n) is 10.3. The van der Waals surface area contributed by atoms with E-state index in [1.165, 1.54) is 0 Å². The number of carbonyl (C=O) groups excluding carboxylic acids is 1. The van der Waals surface area contributed by atoms with Crippen LogP contribution in [-0.2, 0) is 4.79 Å². The SMILES string of the molecule is CCCCN(C(=O)CCC)c1ccccc1. The molecule has 0 spiro atoms. The number of hydrogen-bond donors (Lipinski definition) is 0. The van der Waals surface area contributed by atoms with Gasteiger partial charge in [-0.2, -0.15) is 0 Å². The third-order valence-corrected chi connectivity index (χ3v) is 2.57. The first kappa shape index (κ1) is 12.8. The van der Waals surface area contributed by atoms with Crippen molar-refractivity contribution in [1.29, 1.82) is 0 Å². The van der Waals surface area contributed by atoms with E-state index in [1.54, 1.807) is 0 Å². The average molecular weight is 219 g/mol. The molecule has 0 aliphatic rings. The third-order valence-electron chi connectivity index (χ3n) is 2.57. The van der Waals surface area contributed by atoms with Gasteiger partial charge < -0.3 is 4.90 Å². The standard InChI is InChI=1S/C14H21NO/c1-3-5-12-15(14(16)9-4-2)13-10-7-6-8-11-13/h6-8,10-11H,3-5,9,12H2,1-2H3. The molecule has 0 radical (unpaired) electrons. The highest BCUT2D eigenvalue weighted by atomic mass is 16.2. The Morgan fingerprint density at radius 2 is 1.81 bits per heavy atom. The lowest BCUT2D eigenvalue weighted by atomic mass is 10.2. The van der Waals surface area contributed by atoms with Crippen LogP contribution < -0.4 is 4.90 Å². The molecule has 88 valence electrons. The van der Waals surface area contributed by atoms with Gasteiger partial charge >= 0.3 is 0 Å². The Hall–Kier alpha value is -1.31. The Labute approximate surface area is 98.3 Å². The Morgan fingerprint density at radius 1 is 1.12 bits per heavy atom. The number of para-hydroxylation sites is 1. The van der Waals surface area contributed by atoms with Crippen LogP contribution in [0.4, 0.5) is 5.69 Å². The summed E-state index contributed by atoms with van der Waals surface area (Å²) in [5.74, 6) is 0.238. The summed E-state index contributed by atoms with van der Waals surface area (Å²) < 4.78 is 0. The molecule has 1 aromatic rings. The van der Waals surface area contributed by atoms with Gasteiger partial charge in [-0.1, -0.05) is 38.5 Å². The minimum Gasteiger partial charge on any atom is -0.312 e. The largest absolute Gasteiger partial charge is 0.312 e. The number of unbranched alkanes of at least 4 members (excludes halogenated alkanes) is 1. The lowest BCUT2D eigenvalue weighted by Crippen LogP contribution is -2.31. The number of benzene rings is 1. The zero-order chi connectivity index (χ0) is 11.8. The maximum absolute atomic E-state index is 12.0. The molecular weight excluding hydrogens is 198 g/mol. The van der Waals surface area contributed by atoms with Crippen LogP contribution in [0, 0.1) is 0 Å². The topological polar surface area (TPSA) is 20.3 Å². The number of nitrogens with zero attached hydrogens (tertiary/aromatic N) is 1. The van der Waals surface area contributed by atoms with Crippen molar-refractivity contribution < 1.29 is 4.79 Å². The van der Waals surface area contributed by atoms with Gasteiger partial charge in [0, 0.05) is 18.7 Å². The molecule has 0 saturated heterocycles. The molecule has 0 fully saturated rings. The van der Waals surface area contributed by atoms with E-state index in [4.69, 9.17) is 0 Å². The number of amides is 1. The van der Waals surface area contributed by atoms with Gasteiger partial charge in [0.1, 0.15) is 0 Å². The summed E-state index contributed by atoms with van der Waals surface area (Å²) >= 11 is 0. The predicted octanol–water partition coefficient (Wildman–Crippen LogP) is 3.62. The summed E-state index contributed by atoms with van der Waals surface area (Å²) in [6.07, 6.45) is 3.72. The molecule has 0 N–H and O–H groups in total. The number of carbonyl (C=O) groups is 1. The highest BCUT2D eigenvalue weighted by Gasteiger charge is 2.13. The summed E-state index contributed by atoms with van der Waals surface area (Å²) in [4.78, 5) is 13.9. The van der Waals surface area contributed by atoms with Gasteiger partial charge in [0.15, 0.2) is 0 Å². The first-order valence-electron chi connectivity index (χ1n) is 6.15. The van der Waals surface area contributed by atoms with Gasteiger partial charge in [-0.05, 0) is 25.0 Å². The molecule has 2 nitrogen and oxygen atoms in total. The average Bonchev–Trinajstić information content (AvgIpc) is 2.31. The lowest BCUT2D eigenvalue weighted by Gasteiger charge is -2.22. The van der Waals surface area contributed by atoms with Gasteiger partial charge in [0.2, 0.25) is 5.91 Å².